The van der Waals surface area contributed by atoms with Gasteiger partial charge in [0.2, 0.25) is 0 Å². The van der Waals surface area contributed by atoms with Crippen LogP contribution in [0.15, 0.2) is 0 Å². The van der Waals surface area contributed by atoms with Crippen LogP contribution in [0.4, 0.5) is 0 Å². The van der Waals surface area contributed by atoms with E-state index in [1.54, 1.807) is 0 Å². The van der Waals surface area contributed by atoms with E-state index in [1.165, 1.54) is 19.3 Å². The molecule has 2 nitrogen and oxygen atoms in total. The Morgan fingerprint density at radius 1 is 1.33 bits per heavy atom. The molecule has 72 valence electrons. The molecule has 0 bridgehead atoms. The average Bonchev–Trinajstić information content (AvgIpc) is 2.26. The minimum atomic E-state index is -0.0713. The van der Waals surface area contributed by atoms with Crippen molar-refractivity contribution < 1.29 is 9.84 Å². The van der Waals surface area contributed by atoms with Crippen LogP contribution in [-0.2, 0) is 4.74 Å². The fourth-order valence-electron chi connectivity index (χ4n) is 1.87. The van der Waals surface area contributed by atoms with Gasteiger partial charge in [-0.3, -0.25) is 0 Å². The van der Waals surface area contributed by atoms with Gasteiger partial charge in [-0.05, 0) is 32.1 Å². The highest BCUT2D eigenvalue weighted by atomic mass is 16.5. The summed E-state index contributed by atoms with van der Waals surface area (Å²) in [6, 6.07) is 0. The Labute approximate surface area is 74.9 Å². The van der Waals surface area contributed by atoms with Crippen molar-refractivity contribution in [1.29, 1.82) is 0 Å². The Hall–Kier alpha value is -0.0800. The summed E-state index contributed by atoms with van der Waals surface area (Å²) in [7, 11) is 0. The fourth-order valence-corrected chi connectivity index (χ4v) is 1.87. The van der Waals surface area contributed by atoms with Gasteiger partial charge in [0.25, 0.3) is 0 Å². The largest absolute Gasteiger partial charge is 0.393 e. The van der Waals surface area contributed by atoms with Gasteiger partial charge < -0.3 is 9.84 Å². The lowest BCUT2D eigenvalue weighted by atomic mass is 10.0. The summed E-state index contributed by atoms with van der Waals surface area (Å²) >= 11 is 0. The Kier molecular flexibility index (Phi) is 4.62. The third-order valence-corrected chi connectivity index (χ3v) is 2.56. The van der Waals surface area contributed by atoms with Crippen molar-refractivity contribution in [2.75, 3.05) is 13.2 Å². The van der Waals surface area contributed by atoms with Gasteiger partial charge in [-0.2, -0.15) is 0 Å². The van der Waals surface area contributed by atoms with E-state index in [9.17, 15) is 5.11 Å². The molecular formula is C10H20O2. The number of hydrogen-bond acceptors (Lipinski definition) is 2. The van der Waals surface area contributed by atoms with Crippen LogP contribution < -0.4 is 0 Å². The number of aliphatic hydroxyl groups is 1. The average molecular weight is 172 g/mol. The summed E-state index contributed by atoms with van der Waals surface area (Å²) < 4.78 is 5.37. The van der Waals surface area contributed by atoms with Crippen molar-refractivity contribution in [1.82, 2.24) is 0 Å². The quantitative estimate of drug-likeness (QED) is 0.659. The third-order valence-electron chi connectivity index (χ3n) is 2.56. The standard InChI is InChI=1S/C10H20O2/c1-2-12-8-9-5-3-4-6-10(11)7-9/h9-11H,2-8H2,1H3. The molecule has 0 aliphatic heterocycles. The molecule has 2 atom stereocenters. The molecule has 0 amide bonds. The van der Waals surface area contributed by atoms with E-state index >= 15 is 0 Å². The maximum Gasteiger partial charge on any atom is 0.0543 e. The van der Waals surface area contributed by atoms with Crippen LogP contribution in [0, 0.1) is 5.92 Å². The second kappa shape index (κ2) is 5.55. The molecule has 2 heteroatoms. The second-order valence-electron chi connectivity index (χ2n) is 3.70. The number of rotatable bonds is 3. The van der Waals surface area contributed by atoms with Gasteiger partial charge in [0.15, 0.2) is 0 Å². The Morgan fingerprint density at radius 2 is 2.08 bits per heavy atom. The number of ether oxygens (including phenoxy) is 1. The maximum absolute atomic E-state index is 9.50. The lowest BCUT2D eigenvalue weighted by Crippen LogP contribution is -2.15. The van der Waals surface area contributed by atoms with E-state index in [0.29, 0.717) is 5.92 Å². The van der Waals surface area contributed by atoms with Crippen LogP contribution in [0.3, 0.4) is 0 Å². The topological polar surface area (TPSA) is 29.5 Å². The van der Waals surface area contributed by atoms with E-state index in [0.717, 1.165) is 26.1 Å². The highest BCUT2D eigenvalue weighted by molar-refractivity contribution is 4.69. The van der Waals surface area contributed by atoms with Crippen molar-refractivity contribution in [3.8, 4) is 0 Å². The van der Waals surface area contributed by atoms with Crippen LogP contribution in [0.25, 0.3) is 0 Å². The molecule has 1 aliphatic carbocycles. The lowest BCUT2D eigenvalue weighted by Gasteiger charge is -2.15. The first-order valence-corrected chi connectivity index (χ1v) is 5.08. The molecule has 0 saturated heterocycles. The molecule has 0 spiro atoms. The van der Waals surface area contributed by atoms with E-state index in [4.69, 9.17) is 4.74 Å². The predicted octanol–water partition coefficient (Wildman–Crippen LogP) is 1.96. The summed E-state index contributed by atoms with van der Waals surface area (Å²) in [5.41, 5.74) is 0. The second-order valence-corrected chi connectivity index (χ2v) is 3.70. The third kappa shape index (κ3) is 3.55. The van der Waals surface area contributed by atoms with Crippen LogP contribution in [0.5, 0.6) is 0 Å². The fraction of sp³-hybridized carbons (Fsp3) is 1.00. The maximum atomic E-state index is 9.50. The summed E-state index contributed by atoms with van der Waals surface area (Å²) in [5, 5.41) is 9.50. The molecule has 1 N–H and O–H groups in total. The van der Waals surface area contributed by atoms with E-state index in [-0.39, 0.29) is 6.10 Å². The van der Waals surface area contributed by atoms with Crippen molar-refractivity contribution in [2.24, 2.45) is 5.92 Å². The highest BCUT2D eigenvalue weighted by Gasteiger charge is 2.17. The van der Waals surface area contributed by atoms with Crippen molar-refractivity contribution in [2.45, 2.75) is 45.1 Å². The molecule has 0 aromatic rings. The van der Waals surface area contributed by atoms with Crippen molar-refractivity contribution >= 4 is 0 Å². The molecular weight excluding hydrogens is 152 g/mol. The summed E-state index contributed by atoms with van der Waals surface area (Å²) in [5.74, 6) is 0.599. The molecule has 1 aliphatic rings. The van der Waals surface area contributed by atoms with Gasteiger partial charge in [0.1, 0.15) is 0 Å². The SMILES string of the molecule is CCOCC1CCCCC(O)C1. The van der Waals surface area contributed by atoms with Gasteiger partial charge in [-0.15, -0.1) is 0 Å². The molecule has 1 rings (SSSR count). The number of aliphatic hydroxyl groups excluding tert-OH is 1. The van der Waals surface area contributed by atoms with Gasteiger partial charge in [0.05, 0.1) is 6.10 Å². The number of hydrogen-bond donors (Lipinski definition) is 1. The predicted molar refractivity (Wildman–Crippen MR) is 49.1 cm³/mol. The molecule has 0 radical (unpaired) electrons. The first-order chi connectivity index (χ1) is 5.83. The van der Waals surface area contributed by atoms with Crippen molar-refractivity contribution in [3.63, 3.8) is 0 Å². The highest BCUT2D eigenvalue weighted by Crippen LogP contribution is 2.23. The summed E-state index contributed by atoms with van der Waals surface area (Å²) in [6.07, 6.45) is 5.54. The van der Waals surface area contributed by atoms with Crippen LogP contribution in [0.1, 0.15) is 39.0 Å². The molecule has 2 unspecified atom stereocenters. The van der Waals surface area contributed by atoms with Gasteiger partial charge in [-0.25, -0.2) is 0 Å². The molecule has 0 aromatic carbocycles. The normalized spacial score (nSPS) is 31.5. The van der Waals surface area contributed by atoms with Gasteiger partial charge in [0, 0.05) is 13.2 Å². The van der Waals surface area contributed by atoms with Crippen LogP contribution in [-0.4, -0.2) is 24.4 Å². The molecule has 1 saturated carbocycles. The molecule has 1 fully saturated rings. The Bertz CT molecular complexity index is 114. The molecule has 0 heterocycles. The first-order valence-electron chi connectivity index (χ1n) is 5.08. The smallest absolute Gasteiger partial charge is 0.0543 e. The van der Waals surface area contributed by atoms with Gasteiger partial charge >= 0.3 is 0 Å². The zero-order valence-corrected chi connectivity index (χ0v) is 7.96. The Morgan fingerprint density at radius 3 is 2.83 bits per heavy atom. The van der Waals surface area contributed by atoms with E-state index in [2.05, 4.69) is 0 Å². The van der Waals surface area contributed by atoms with Crippen LogP contribution >= 0.6 is 0 Å². The molecule has 0 aromatic heterocycles. The zero-order chi connectivity index (χ0) is 8.81. The van der Waals surface area contributed by atoms with Gasteiger partial charge in [-0.1, -0.05) is 12.8 Å². The zero-order valence-electron chi connectivity index (χ0n) is 7.96. The van der Waals surface area contributed by atoms with E-state index < -0.39 is 0 Å². The minimum Gasteiger partial charge on any atom is -0.393 e. The Balaban J connectivity index is 2.21. The van der Waals surface area contributed by atoms with Crippen LogP contribution in [0.2, 0.25) is 0 Å². The lowest BCUT2D eigenvalue weighted by molar-refractivity contribution is 0.0763. The summed E-state index contributed by atoms with van der Waals surface area (Å²) in [4.78, 5) is 0. The molecule has 12 heavy (non-hydrogen) atoms. The first kappa shape index (κ1) is 10.0. The van der Waals surface area contributed by atoms with E-state index in [1.807, 2.05) is 6.92 Å². The monoisotopic (exact) mass is 172 g/mol. The van der Waals surface area contributed by atoms with Crippen molar-refractivity contribution in [3.05, 3.63) is 0 Å². The summed E-state index contributed by atoms with van der Waals surface area (Å²) in [6.45, 7) is 3.66. The minimum absolute atomic E-state index is 0.0713.